The number of halogens is 3. The highest BCUT2D eigenvalue weighted by atomic mass is 32.1. The van der Waals surface area contributed by atoms with Crippen LogP contribution in [0.25, 0.3) is 14.9 Å². The number of aromatic nitrogens is 1. The van der Waals surface area contributed by atoms with E-state index in [1.54, 1.807) is 12.4 Å². The van der Waals surface area contributed by atoms with E-state index in [0.717, 1.165) is 41.3 Å². The molecule has 3 saturated carbocycles. The number of piperidine rings is 2. The van der Waals surface area contributed by atoms with Crippen LogP contribution in [0.3, 0.4) is 0 Å². The summed E-state index contributed by atoms with van der Waals surface area (Å²) in [5.41, 5.74) is -0.155. The third-order valence-electron chi connectivity index (χ3n) is 10.1. The number of carbonyl (C=O) groups is 3. The molecule has 0 aromatic carbocycles. The molecule has 3 heterocycles. The van der Waals surface area contributed by atoms with Crippen LogP contribution in [0.1, 0.15) is 52.0 Å². The van der Waals surface area contributed by atoms with Gasteiger partial charge < -0.3 is 20.3 Å². The fourth-order valence-electron chi connectivity index (χ4n) is 7.32. The minimum atomic E-state index is -5.17. The molecular weight excluding hydrogens is 583 g/mol. The SMILES string of the molecule is C[C@@H](OC1CCC1)[C@H](NC(=O)C(F)(F)F)C(=O)N1CC23C[C@]2([C@H]1C(=O)NCC#[N+]C#Cc1csc2cnccc12)C3(C)C. The average Bonchev–Trinajstić information content (AvgIpc) is 3.50. The third-order valence-corrected chi connectivity index (χ3v) is 11.0. The molecule has 2 aromatic rings. The highest BCUT2D eigenvalue weighted by Crippen LogP contribution is 3.00. The quantitative estimate of drug-likeness (QED) is 0.366. The predicted octanol–water partition coefficient (Wildman–Crippen LogP) is 3.69. The molecule has 4 aliphatic rings. The van der Waals surface area contributed by atoms with Gasteiger partial charge in [-0.2, -0.15) is 13.2 Å². The van der Waals surface area contributed by atoms with Crippen molar-refractivity contribution in [1.29, 1.82) is 0 Å². The molecule has 3 amide bonds. The molecule has 9 nitrogen and oxygen atoms in total. The highest BCUT2D eigenvalue weighted by Gasteiger charge is 3.02. The molecule has 2 N–H and O–H groups in total. The molecule has 1 saturated heterocycles. The summed E-state index contributed by atoms with van der Waals surface area (Å²) in [6.07, 6.45) is 0.213. The summed E-state index contributed by atoms with van der Waals surface area (Å²) in [5, 5.41) is 7.48. The van der Waals surface area contributed by atoms with Gasteiger partial charge >= 0.3 is 24.2 Å². The summed E-state index contributed by atoms with van der Waals surface area (Å²) in [6.45, 7) is 5.71. The van der Waals surface area contributed by atoms with Crippen LogP contribution in [0.15, 0.2) is 23.8 Å². The largest absolute Gasteiger partial charge is 0.471 e. The van der Waals surface area contributed by atoms with Crippen LogP contribution in [0.2, 0.25) is 0 Å². The van der Waals surface area contributed by atoms with Gasteiger partial charge in [0.2, 0.25) is 11.8 Å². The number of thiophene rings is 1. The fourth-order valence-corrected chi connectivity index (χ4v) is 8.17. The lowest BCUT2D eigenvalue weighted by Crippen LogP contribution is -2.62. The molecule has 1 aliphatic heterocycles. The van der Waals surface area contributed by atoms with E-state index in [0.29, 0.717) is 0 Å². The number of hydrogen-bond donors (Lipinski definition) is 2. The first-order chi connectivity index (χ1) is 20.3. The first-order valence-electron chi connectivity index (χ1n) is 14.2. The van der Waals surface area contributed by atoms with E-state index in [4.69, 9.17) is 4.74 Å². The second-order valence-electron chi connectivity index (χ2n) is 12.3. The second-order valence-corrected chi connectivity index (χ2v) is 13.2. The molecule has 226 valence electrons. The van der Waals surface area contributed by atoms with Gasteiger partial charge in [0.15, 0.2) is 6.54 Å². The molecule has 0 bridgehead atoms. The average molecular weight is 615 g/mol. The zero-order valence-electron chi connectivity index (χ0n) is 23.9. The third kappa shape index (κ3) is 4.56. The number of fused-ring (bicyclic) bond motifs is 1. The van der Waals surface area contributed by atoms with Gasteiger partial charge in [0.25, 0.3) is 0 Å². The van der Waals surface area contributed by atoms with Gasteiger partial charge in [0.1, 0.15) is 12.1 Å². The standard InChI is InChI=1S/C30H30F3N5O4S/c1-17(42-19-5-4-6-19)22(37-26(41)30(31,32)33)25(40)38-16-28-15-29(28,27(28,2)3)23(38)24(39)36-12-11-34-9-7-18-14-43-21-13-35-10-8-20(18)21/h8,10,13-14,17,19,22-23H,4-6,12,15-16H2,1-3H3,(H-,36,37,39,41)/p+1/t17-,22+,23-,28?,29+/m1/s1. The number of ether oxygens (including phenoxy) is 1. The number of alkyl halides is 3. The summed E-state index contributed by atoms with van der Waals surface area (Å²) in [5.74, 6) is -0.472. The number of pyridine rings is 1. The van der Waals surface area contributed by atoms with E-state index in [9.17, 15) is 27.6 Å². The van der Waals surface area contributed by atoms with Crippen molar-refractivity contribution in [2.45, 2.75) is 76.9 Å². The molecule has 13 heteroatoms. The molecule has 0 spiro atoms. The van der Waals surface area contributed by atoms with Gasteiger partial charge in [-0.25, -0.2) is 0 Å². The maximum atomic E-state index is 13.8. The van der Waals surface area contributed by atoms with Gasteiger partial charge in [0.05, 0.1) is 22.5 Å². The molecule has 4 fully saturated rings. The number of amides is 3. The Morgan fingerprint density at radius 2 is 2.07 bits per heavy atom. The predicted molar refractivity (Wildman–Crippen MR) is 152 cm³/mol. The Labute approximate surface area is 250 Å². The monoisotopic (exact) mass is 614 g/mol. The minimum Gasteiger partial charge on any atom is -0.373 e. The van der Waals surface area contributed by atoms with Crippen molar-refractivity contribution in [3.05, 3.63) is 34.2 Å². The molecule has 5 atom stereocenters. The normalized spacial score (nSPS) is 27.7. The molecular formula is C30H31F3N5O4S+. The van der Waals surface area contributed by atoms with Gasteiger partial charge in [-0.15, -0.1) is 11.3 Å². The van der Waals surface area contributed by atoms with Crippen molar-refractivity contribution < 1.29 is 32.3 Å². The number of nitrogens with zero attached hydrogens (tertiary/aromatic N) is 3. The van der Waals surface area contributed by atoms with E-state index in [1.165, 1.54) is 23.2 Å². The van der Waals surface area contributed by atoms with E-state index in [1.807, 2.05) is 30.6 Å². The molecule has 6 rings (SSSR count). The summed E-state index contributed by atoms with van der Waals surface area (Å²) in [7, 11) is 0. The number of rotatable bonds is 7. The highest BCUT2D eigenvalue weighted by molar-refractivity contribution is 7.17. The van der Waals surface area contributed by atoms with Crippen LogP contribution in [0.5, 0.6) is 0 Å². The lowest BCUT2D eigenvalue weighted by atomic mass is 9.80. The molecule has 43 heavy (non-hydrogen) atoms. The molecule has 1 unspecified atom stereocenters. The van der Waals surface area contributed by atoms with Crippen LogP contribution in [-0.2, 0) is 19.1 Å². The van der Waals surface area contributed by atoms with E-state index >= 15 is 0 Å². The van der Waals surface area contributed by atoms with Crippen molar-refractivity contribution in [2.75, 3.05) is 13.1 Å². The number of carbonyl (C=O) groups excluding carboxylic acids is 3. The zero-order valence-corrected chi connectivity index (χ0v) is 24.7. The van der Waals surface area contributed by atoms with Crippen LogP contribution in [0, 0.1) is 34.3 Å². The topological polar surface area (TPSA) is 105 Å². The number of likely N-dealkylation sites (tertiary alicyclic amines) is 1. The Bertz CT molecular complexity index is 1630. The van der Waals surface area contributed by atoms with Gasteiger partial charge in [-0.05, 0) is 44.1 Å². The van der Waals surface area contributed by atoms with Crippen molar-refractivity contribution in [3.8, 4) is 18.0 Å². The van der Waals surface area contributed by atoms with E-state index in [-0.39, 0.29) is 30.0 Å². The Hall–Kier alpha value is -3.68. The number of nitrogens with one attached hydrogen (secondary N) is 2. The summed E-state index contributed by atoms with van der Waals surface area (Å²) in [6, 6.07) is 4.73. The Morgan fingerprint density at radius 1 is 1.30 bits per heavy atom. The van der Waals surface area contributed by atoms with Crippen LogP contribution >= 0.6 is 11.3 Å². The van der Waals surface area contributed by atoms with Crippen molar-refractivity contribution >= 4 is 39.1 Å². The molecule has 3 aliphatic carbocycles. The fraction of sp³-hybridized carbons (Fsp3) is 0.567. The van der Waals surface area contributed by atoms with Crippen molar-refractivity contribution in [2.24, 2.45) is 16.2 Å². The Balaban J connectivity index is 1.16. The zero-order chi connectivity index (χ0) is 30.8. The Morgan fingerprint density at radius 3 is 2.74 bits per heavy atom. The van der Waals surface area contributed by atoms with Crippen molar-refractivity contribution in [3.63, 3.8) is 0 Å². The number of hydrogen-bond acceptors (Lipinski definition) is 6. The first kappa shape index (κ1) is 29.4. The van der Waals surface area contributed by atoms with Crippen LogP contribution in [0.4, 0.5) is 13.2 Å². The minimum absolute atomic E-state index is 0.0701. The lowest BCUT2D eigenvalue weighted by molar-refractivity contribution is -0.177. The smallest absolute Gasteiger partial charge is 0.373 e. The van der Waals surface area contributed by atoms with Crippen LogP contribution < -0.4 is 10.6 Å². The summed E-state index contributed by atoms with van der Waals surface area (Å²) >= 11 is 1.52. The van der Waals surface area contributed by atoms with E-state index in [2.05, 4.69) is 33.2 Å². The maximum absolute atomic E-state index is 13.8. The second kappa shape index (κ2) is 10.2. The molecule has 2 aromatic heterocycles. The van der Waals surface area contributed by atoms with Gasteiger partial charge in [-0.1, -0.05) is 13.8 Å². The maximum Gasteiger partial charge on any atom is 0.471 e. The first-order valence-corrected chi connectivity index (χ1v) is 15.1. The van der Waals surface area contributed by atoms with E-state index < -0.39 is 47.5 Å². The van der Waals surface area contributed by atoms with Gasteiger partial charge in [-0.3, -0.25) is 19.4 Å². The summed E-state index contributed by atoms with van der Waals surface area (Å²) < 4.78 is 46.5. The summed E-state index contributed by atoms with van der Waals surface area (Å²) in [4.78, 5) is 48.7. The van der Waals surface area contributed by atoms with Crippen LogP contribution in [-0.4, -0.2) is 71.2 Å². The lowest BCUT2D eigenvalue weighted by Gasteiger charge is -2.41. The van der Waals surface area contributed by atoms with Crippen molar-refractivity contribution in [1.82, 2.24) is 20.5 Å². The van der Waals surface area contributed by atoms with Gasteiger partial charge in [0, 0.05) is 51.3 Å². The Kier molecular flexibility index (Phi) is 6.98. The molecule has 0 radical (unpaired) electrons.